The molecule has 5 nitrogen and oxygen atoms in total. The molecule has 1 saturated carbocycles. The molecule has 0 aromatic heterocycles. The van der Waals surface area contributed by atoms with Crippen molar-refractivity contribution in [2.24, 2.45) is 11.7 Å². The van der Waals surface area contributed by atoms with Crippen molar-refractivity contribution in [3.63, 3.8) is 0 Å². The number of fused-ring (bicyclic) bond motifs is 1. The predicted molar refractivity (Wildman–Crippen MR) is 123 cm³/mol. The molecule has 1 aliphatic carbocycles. The van der Waals surface area contributed by atoms with Crippen molar-refractivity contribution in [2.75, 3.05) is 31.1 Å². The molecule has 0 spiro atoms. The van der Waals surface area contributed by atoms with Crippen LogP contribution < -0.4 is 16.0 Å². The van der Waals surface area contributed by atoms with E-state index in [0.717, 1.165) is 68.8 Å². The molecule has 2 aliphatic heterocycles. The molecule has 1 saturated heterocycles. The summed E-state index contributed by atoms with van der Waals surface area (Å²) in [5, 5.41) is 3.48. The van der Waals surface area contributed by atoms with Crippen molar-refractivity contribution in [3.05, 3.63) is 64.1 Å². The van der Waals surface area contributed by atoms with Gasteiger partial charge in [-0.1, -0.05) is 44.5 Å². The number of carbonyl (C=O) groups is 1. The maximum atomic E-state index is 12.8. The topological polar surface area (TPSA) is 61.6 Å². The molecule has 0 radical (unpaired) electrons. The Labute approximate surface area is 180 Å². The van der Waals surface area contributed by atoms with Crippen molar-refractivity contribution in [3.8, 4) is 0 Å². The Kier molecular flexibility index (Phi) is 6.00. The molecule has 5 heteroatoms. The number of para-hydroxylation sites is 1. The van der Waals surface area contributed by atoms with Gasteiger partial charge in [-0.2, -0.15) is 0 Å². The zero-order valence-electron chi connectivity index (χ0n) is 18.5. The summed E-state index contributed by atoms with van der Waals surface area (Å²) in [6, 6.07) is 8.47. The number of unbranched alkanes of at least 4 members (excludes halogenated alkanes) is 1. The quantitative estimate of drug-likeness (QED) is 0.780. The smallest absolute Gasteiger partial charge is 0.251 e. The Morgan fingerprint density at radius 2 is 1.90 bits per heavy atom. The van der Waals surface area contributed by atoms with Crippen molar-refractivity contribution in [2.45, 2.75) is 46.5 Å². The average molecular weight is 407 g/mol. The van der Waals surface area contributed by atoms with E-state index in [1.807, 2.05) is 0 Å². The van der Waals surface area contributed by atoms with Gasteiger partial charge in [0.25, 0.3) is 5.91 Å². The minimum atomic E-state index is -0.308. The van der Waals surface area contributed by atoms with Gasteiger partial charge in [0.1, 0.15) is 5.82 Å². The number of allylic oxidation sites excluding steroid dienone is 3. The van der Waals surface area contributed by atoms with Crippen LogP contribution in [0.1, 0.15) is 45.1 Å². The van der Waals surface area contributed by atoms with Crippen LogP contribution in [0, 0.1) is 12.8 Å². The molecule has 3 N–H and O–H groups in total. The van der Waals surface area contributed by atoms with Gasteiger partial charge >= 0.3 is 0 Å². The number of benzene rings is 1. The number of primary amides is 1. The summed E-state index contributed by atoms with van der Waals surface area (Å²) in [5.41, 5.74) is 12.6. The Morgan fingerprint density at radius 1 is 1.20 bits per heavy atom. The number of nitrogens with two attached hydrogens (primary N) is 1. The maximum absolute atomic E-state index is 12.8. The molecule has 2 fully saturated rings. The van der Waals surface area contributed by atoms with Crippen LogP contribution >= 0.6 is 0 Å². The number of amides is 1. The second kappa shape index (κ2) is 8.68. The maximum Gasteiger partial charge on any atom is 0.251 e. The summed E-state index contributed by atoms with van der Waals surface area (Å²) in [5.74, 6) is 1.47. The first-order chi connectivity index (χ1) is 14.5. The normalized spacial score (nSPS) is 23.4. The standard InChI is InChI=1S/C25H34N4O/c1-4-5-9-22-23(24(26)30)19-15-17(2)16-20(19)25(28-13-11-27-12-14-28)29(22)21-10-7-6-8-18(21)3/h6-10,17,27H,4-5,11-16H2,1-3H3,(H2,26,30)/b22-9+. The number of carbonyl (C=O) groups excluding carboxylic acids is 1. The van der Waals surface area contributed by atoms with Gasteiger partial charge in [0.15, 0.2) is 0 Å². The third-order valence-electron chi connectivity index (χ3n) is 6.40. The predicted octanol–water partition coefficient (Wildman–Crippen LogP) is 3.83. The number of hydrogen-bond acceptors (Lipinski definition) is 4. The molecule has 160 valence electrons. The Morgan fingerprint density at radius 3 is 2.57 bits per heavy atom. The first kappa shape index (κ1) is 20.7. The molecule has 1 amide bonds. The number of aryl methyl sites for hydroxylation is 1. The third-order valence-corrected chi connectivity index (χ3v) is 6.40. The lowest BCUT2D eigenvalue weighted by Gasteiger charge is -2.44. The Hall–Kier alpha value is -2.53. The van der Waals surface area contributed by atoms with Gasteiger partial charge in [-0.05, 0) is 54.9 Å². The van der Waals surface area contributed by atoms with Crippen LogP contribution in [0.5, 0.6) is 0 Å². The molecule has 3 aliphatic rings. The lowest BCUT2D eigenvalue weighted by atomic mass is 9.92. The van der Waals surface area contributed by atoms with E-state index in [2.05, 4.69) is 66.2 Å². The monoisotopic (exact) mass is 406 g/mol. The zero-order valence-corrected chi connectivity index (χ0v) is 18.5. The molecule has 1 aromatic rings. The first-order valence-corrected chi connectivity index (χ1v) is 11.3. The fraction of sp³-hybridized carbons (Fsp3) is 0.480. The Bertz CT molecular complexity index is 921. The highest BCUT2D eigenvalue weighted by atomic mass is 16.1. The summed E-state index contributed by atoms with van der Waals surface area (Å²) in [4.78, 5) is 17.6. The number of rotatable bonds is 5. The highest BCUT2D eigenvalue weighted by Crippen LogP contribution is 2.48. The van der Waals surface area contributed by atoms with E-state index in [9.17, 15) is 4.79 Å². The molecular weight excluding hydrogens is 372 g/mol. The van der Waals surface area contributed by atoms with Crippen LogP contribution in [0.4, 0.5) is 5.69 Å². The fourth-order valence-electron chi connectivity index (χ4n) is 5.03. The van der Waals surface area contributed by atoms with Gasteiger partial charge in [0.05, 0.1) is 17.0 Å². The highest BCUT2D eigenvalue weighted by Gasteiger charge is 2.40. The summed E-state index contributed by atoms with van der Waals surface area (Å²) in [6.07, 6.45) is 6.09. The van der Waals surface area contributed by atoms with Crippen molar-refractivity contribution >= 4 is 11.6 Å². The number of anilines is 1. The average Bonchev–Trinajstić information content (AvgIpc) is 3.12. The van der Waals surface area contributed by atoms with Crippen LogP contribution in [-0.4, -0.2) is 37.0 Å². The SMILES string of the molecule is CCC/C=C1\C(C(N)=O)=C2CC(C)CC2=C(N2CCNCC2)N1c1ccccc1C. The molecule has 1 atom stereocenters. The zero-order chi connectivity index (χ0) is 21.3. The number of nitrogens with zero attached hydrogens (tertiary/aromatic N) is 2. The fourth-order valence-corrected chi connectivity index (χ4v) is 5.03. The second-order valence-corrected chi connectivity index (χ2v) is 8.77. The largest absolute Gasteiger partial charge is 0.366 e. The number of piperazine rings is 1. The summed E-state index contributed by atoms with van der Waals surface area (Å²) >= 11 is 0. The number of nitrogens with one attached hydrogen (secondary N) is 1. The Balaban J connectivity index is 2.00. The van der Waals surface area contributed by atoms with E-state index in [-0.39, 0.29) is 5.91 Å². The first-order valence-electron chi connectivity index (χ1n) is 11.3. The van der Waals surface area contributed by atoms with Crippen LogP contribution in [0.25, 0.3) is 0 Å². The van der Waals surface area contributed by atoms with Gasteiger partial charge in [-0.15, -0.1) is 0 Å². The van der Waals surface area contributed by atoms with E-state index < -0.39 is 0 Å². The molecule has 2 heterocycles. The number of hydrogen-bond donors (Lipinski definition) is 2. The minimum absolute atomic E-state index is 0.308. The van der Waals surface area contributed by atoms with Crippen LogP contribution in [0.2, 0.25) is 0 Å². The lowest BCUT2D eigenvalue weighted by Crippen LogP contribution is -2.49. The summed E-state index contributed by atoms with van der Waals surface area (Å²) in [6.45, 7) is 10.5. The van der Waals surface area contributed by atoms with E-state index in [1.165, 1.54) is 22.5 Å². The molecule has 1 unspecified atom stereocenters. The molecule has 1 aromatic carbocycles. The molecule has 4 rings (SSSR count). The lowest BCUT2D eigenvalue weighted by molar-refractivity contribution is -0.114. The van der Waals surface area contributed by atoms with Crippen LogP contribution in [0.15, 0.2) is 58.6 Å². The molecular formula is C25H34N4O. The molecule has 0 bridgehead atoms. The van der Waals surface area contributed by atoms with Gasteiger partial charge in [-0.3, -0.25) is 9.69 Å². The van der Waals surface area contributed by atoms with Gasteiger partial charge in [0, 0.05) is 26.2 Å². The van der Waals surface area contributed by atoms with Crippen molar-refractivity contribution in [1.29, 1.82) is 0 Å². The summed E-state index contributed by atoms with van der Waals surface area (Å²) < 4.78 is 0. The van der Waals surface area contributed by atoms with E-state index in [0.29, 0.717) is 5.92 Å². The van der Waals surface area contributed by atoms with E-state index in [4.69, 9.17) is 5.73 Å². The van der Waals surface area contributed by atoms with E-state index in [1.54, 1.807) is 0 Å². The van der Waals surface area contributed by atoms with Crippen molar-refractivity contribution in [1.82, 2.24) is 10.2 Å². The third kappa shape index (κ3) is 3.67. The minimum Gasteiger partial charge on any atom is -0.366 e. The second-order valence-electron chi connectivity index (χ2n) is 8.77. The van der Waals surface area contributed by atoms with Gasteiger partial charge in [-0.25, -0.2) is 0 Å². The molecule has 30 heavy (non-hydrogen) atoms. The van der Waals surface area contributed by atoms with Crippen LogP contribution in [-0.2, 0) is 4.79 Å². The van der Waals surface area contributed by atoms with Gasteiger partial charge < -0.3 is 16.0 Å². The summed E-state index contributed by atoms with van der Waals surface area (Å²) in [7, 11) is 0. The van der Waals surface area contributed by atoms with E-state index >= 15 is 0 Å². The van der Waals surface area contributed by atoms with Crippen molar-refractivity contribution < 1.29 is 4.79 Å². The highest BCUT2D eigenvalue weighted by molar-refractivity contribution is 6.01. The van der Waals surface area contributed by atoms with Crippen LogP contribution in [0.3, 0.4) is 0 Å². The van der Waals surface area contributed by atoms with Gasteiger partial charge in [0.2, 0.25) is 0 Å².